The molecule has 0 saturated carbocycles. The molecule has 1 atom stereocenters. The van der Waals surface area contributed by atoms with E-state index in [1.165, 1.54) is 18.5 Å². The lowest BCUT2D eigenvalue weighted by atomic mass is 10.1. The van der Waals surface area contributed by atoms with Crippen molar-refractivity contribution in [3.63, 3.8) is 0 Å². The minimum Gasteiger partial charge on any atom is -0.497 e. The monoisotopic (exact) mass is 420 g/mol. The molecule has 1 saturated heterocycles. The number of carbonyl (C=O) groups is 2. The summed E-state index contributed by atoms with van der Waals surface area (Å²) in [4.78, 5) is 35.1. The summed E-state index contributed by atoms with van der Waals surface area (Å²) in [6, 6.07) is 15.0. The molecule has 158 valence electrons. The molecule has 4 rings (SSSR count). The van der Waals surface area contributed by atoms with E-state index in [-0.39, 0.29) is 30.6 Å². The van der Waals surface area contributed by atoms with Crippen molar-refractivity contribution in [3.8, 4) is 17.0 Å². The summed E-state index contributed by atoms with van der Waals surface area (Å²) in [5.74, 6) is -0.426. The van der Waals surface area contributed by atoms with Gasteiger partial charge in [0.25, 0.3) is 0 Å². The number of rotatable bonds is 6. The number of hydrogen-bond acceptors (Lipinski definition) is 5. The Morgan fingerprint density at radius 3 is 2.77 bits per heavy atom. The first-order valence-electron chi connectivity index (χ1n) is 9.82. The van der Waals surface area contributed by atoms with E-state index in [0.29, 0.717) is 29.4 Å². The van der Waals surface area contributed by atoms with Gasteiger partial charge in [-0.2, -0.15) is 0 Å². The molecule has 1 fully saturated rings. The minimum atomic E-state index is -0.447. The van der Waals surface area contributed by atoms with Crippen LogP contribution >= 0.6 is 0 Å². The largest absolute Gasteiger partial charge is 0.497 e. The molecular weight excluding hydrogens is 399 g/mol. The predicted octanol–water partition coefficient (Wildman–Crippen LogP) is 2.96. The molecule has 1 unspecified atom stereocenters. The Labute approximate surface area is 178 Å². The third kappa shape index (κ3) is 4.69. The topological polar surface area (TPSA) is 84.4 Å². The van der Waals surface area contributed by atoms with E-state index >= 15 is 0 Å². The number of benzene rings is 2. The van der Waals surface area contributed by atoms with E-state index in [1.807, 2.05) is 12.1 Å². The average Bonchev–Trinajstić information content (AvgIpc) is 3.20. The first kappa shape index (κ1) is 20.5. The van der Waals surface area contributed by atoms with Gasteiger partial charge in [0.2, 0.25) is 11.8 Å². The van der Waals surface area contributed by atoms with E-state index in [1.54, 1.807) is 42.3 Å². The van der Waals surface area contributed by atoms with Crippen molar-refractivity contribution >= 4 is 17.5 Å². The van der Waals surface area contributed by atoms with Gasteiger partial charge in [0.1, 0.15) is 17.9 Å². The molecule has 1 aromatic heterocycles. The molecule has 8 heteroatoms. The lowest BCUT2D eigenvalue weighted by Crippen LogP contribution is -2.32. The van der Waals surface area contributed by atoms with E-state index < -0.39 is 5.92 Å². The highest BCUT2D eigenvalue weighted by Crippen LogP contribution is 2.28. The number of hydrogen-bond donors (Lipinski definition) is 1. The van der Waals surface area contributed by atoms with Crippen LogP contribution in [-0.2, 0) is 16.1 Å². The highest BCUT2D eigenvalue weighted by molar-refractivity contribution is 6.00. The van der Waals surface area contributed by atoms with Crippen LogP contribution in [0.2, 0.25) is 0 Å². The molecule has 2 aromatic carbocycles. The van der Waals surface area contributed by atoms with Crippen molar-refractivity contribution in [2.75, 3.05) is 18.6 Å². The third-order valence-corrected chi connectivity index (χ3v) is 5.17. The Morgan fingerprint density at radius 1 is 1.19 bits per heavy atom. The number of halogens is 1. The fourth-order valence-corrected chi connectivity index (χ4v) is 3.51. The Balaban J connectivity index is 1.38. The average molecular weight is 420 g/mol. The summed E-state index contributed by atoms with van der Waals surface area (Å²) in [7, 11) is 1.57. The number of aromatic nitrogens is 2. The standard InChI is InChI=1S/C23H21FN4O3/c1-31-20-4-2-3-19(11-20)28-13-16(9-22(28)29)23(30)25-12-18-10-21(27-14-26-18)15-5-7-17(24)8-6-15/h2-8,10-11,14,16H,9,12-13H2,1H3,(H,25,30). The smallest absolute Gasteiger partial charge is 0.227 e. The van der Waals surface area contributed by atoms with Gasteiger partial charge in [-0.05, 0) is 42.5 Å². The van der Waals surface area contributed by atoms with Gasteiger partial charge >= 0.3 is 0 Å². The molecule has 2 amide bonds. The lowest BCUT2D eigenvalue weighted by molar-refractivity contribution is -0.126. The van der Waals surface area contributed by atoms with Crippen LogP contribution in [0.15, 0.2) is 60.9 Å². The molecule has 1 aliphatic heterocycles. The van der Waals surface area contributed by atoms with Crippen molar-refractivity contribution in [2.45, 2.75) is 13.0 Å². The molecule has 3 aromatic rings. The predicted molar refractivity (Wildman–Crippen MR) is 113 cm³/mol. The number of carbonyl (C=O) groups excluding carboxylic acids is 2. The SMILES string of the molecule is COc1cccc(N2CC(C(=O)NCc3cc(-c4ccc(F)cc4)ncn3)CC2=O)c1. The van der Waals surface area contributed by atoms with Gasteiger partial charge < -0.3 is 15.0 Å². The van der Waals surface area contributed by atoms with Gasteiger partial charge in [-0.1, -0.05) is 6.07 Å². The van der Waals surface area contributed by atoms with Crippen molar-refractivity contribution in [1.82, 2.24) is 15.3 Å². The van der Waals surface area contributed by atoms with Crippen LogP contribution in [0.5, 0.6) is 5.75 Å². The maximum absolute atomic E-state index is 13.1. The fourth-order valence-electron chi connectivity index (χ4n) is 3.51. The van der Waals surface area contributed by atoms with Crippen LogP contribution in [0, 0.1) is 11.7 Å². The molecule has 31 heavy (non-hydrogen) atoms. The zero-order valence-corrected chi connectivity index (χ0v) is 16.9. The summed E-state index contributed by atoms with van der Waals surface area (Å²) in [5.41, 5.74) is 2.72. The van der Waals surface area contributed by atoms with E-state index in [4.69, 9.17) is 4.74 Å². The Hall–Kier alpha value is -3.81. The van der Waals surface area contributed by atoms with Gasteiger partial charge in [0.05, 0.1) is 31.0 Å². The second kappa shape index (κ2) is 8.91. The zero-order chi connectivity index (χ0) is 21.8. The van der Waals surface area contributed by atoms with E-state index in [9.17, 15) is 14.0 Å². The Kier molecular flexibility index (Phi) is 5.88. The van der Waals surface area contributed by atoms with Crippen LogP contribution in [0.3, 0.4) is 0 Å². The highest BCUT2D eigenvalue weighted by atomic mass is 19.1. The number of anilines is 1. The van der Waals surface area contributed by atoms with Gasteiger partial charge in [-0.15, -0.1) is 0 Å². The number of nitrogens with one attached hydrogen (secondary N) is 1. The van der Waals surface area contributed by atoms with Crippen LogP contribution < -0.4 is 15.0 Å². The van der Waals surface area contributed by atoms with Gasteiger partial charge in [-0.3, -0.25) is 9.59 Å². The molecule has 0 radical (unpaired) electrons. The van der Waals surface area contributed by atoms with E-state index in [0.717, 1.165) is 5.56 Å². The fraction of sp³-hybridized carbons (Fsp3) is 0.217. The first-order chi connectivity index (χ1) is 15.0. The van der Waals surface area contributed by atoms with Crippen molar-refractivity contribution in [3.05, 3.63) is 72.4 Å². The van der Waals surface area contributed by atoms with Crippen molar-refractivity contribution in [1.29, 1.82) is 0 Å². The summed E-state index contributed by atoms with van der Waals surface area (Å²) in [6.07, 6.45) is 1.55. The molecule has 0 bridgehead atoms. The minimum absolute atomic E-state index is 0.103. The molecule has 1 aliphatic rings. The summed E-state index contributed by atoms with van der Waals surface area (Å²) < 4.78 is 18.3. The molecule has 0 spiro atoms. The summed E-state index contributed by atoms with van der Waals surface area (Å²) in [5, 5.41) is 2.85. The highest BCUT2D eigenvalue weighted by Gasteiger charge is 2.35. The second-order valence-electron chi connectivity index (χ2n) is 7.23. The number of methoxy groups -OCH3 is 1. The molecule has 0 aliphatic carbocycles. The van der Waals surface area contributed by atoms with Crippen LogP contribution in [0.4, 0.5) is 10.1 Å². The van der Waals surface area contributed by atoms with Crippen LogP contribution in [0.25, 0.3) is 11.3 Å². The van der Waals surface area contributed by atoms with Gasteiger partial charge in [0, 0.05) is 30.3 Å². The second-order valence-corrected chi connectivity index (χ2v) is 7.23. The number of nitrogens with zero attached hydrogens (tertiary/aromatic N) is 3. The van der Waals surface area contributed by atoms with Crippen LogP contribution in [0.1, 0.15) is 12.1 Å². The summed E-state index contributed by atoms with van der Waals surface area (Å²) in [6.45, 7) is 0.516. The Bertz CT molecular complexity index is 1100. The summed E-state index contributed by atoms with van der Waals surface area (Å²) >= 11 is 0. The van der Waals surface area contributed by atoms with Gasteiger partial charge in [-0.25, -0.2) is 14.4 Å². The molecular formula is C23H21FN4O3. The quantitative estimate of drug-likeness (QED) is 0.663. The Morgan fingerprint density at radius 2 is 2.00 bits per heavy atom. The zero-order valence-electron chi connectivity index (χ0n) is 16.9. The number of ether oxygens (including phenoxy) is 1. The van der Waals surface area contributed by atoms with Crippen LogP contribution in [-0.4, -0.2) is 35.4 Å². The first-order valence-corrected chi connectivity index (χ1v) is 9.82. The molecule has 1 N–H and O–H groups in total. The molecule has 7 nitrogen and oxygen atoms in total. The van der Waals surface area contributed by atoms with Gasteiger partial charge in [0.15, 0.2) is 0 Å². The normalized spacial score (nSPS) is 15.7. The lowest BCUT2D eigenvalue weighted by Gasteiger charge is -2.17. The number of amides is 2. The van der Waals surface area contributed by atoms with Crippen molar-refractivity contribution in [2.24, 2.45) is 5.92 Å². The van der Waals surface area contributed by atoms with Crippen molar-refractivity contribution < 1.29 is 18.7 Å². The molecule has 2 heterocycles. The maximum atomic E-state index is 13.1. The third-order valence-electron chi connectivity index (χ3n) is 5.17. The maximum Gasteiger partial charge on any atom is 0.227 e. The van der Waals surface area contributed by atoms with E-state index in [2.05, 4.69) is 15.3 Å².